The van der Waals surface area contributed by atoms with Gasteiger partial charge in [0.15, 0.2) is 11.6 Å². The molecule has 1 N–H and O–H groups in total. The van der Waals surface area contributed by atoms with E-state index in [9.17, 15) is 13.6 Å². The van der Waals surface area contributed by atoms with Crippen molar-refractivity contribution in [3.8, 4) is 0 Å². The zero-order valence-corrected chi connectivity index (χ0v) is 13.9. The zero-order chi connectivity index (χ0) is 16.8. The normalized spacial score (nSPS) is 10.8. The van der Waals surface area contributed by atoms with Gasteiger partial charge in [-0.1, -0.05) is 38.1 Å². The molecular weight excluding hydrogens is 316 g/mol. The van der Waals surface area contributed by atoms with Crippen LogP contribution in [-0.4, -0.2) is 11.7 Å². The fourth-order valence-electron chi connectivity index (χ4n) is 2.19. The van der Waals surface area contributed by atoms with Gasteiger partial charge in [0.2, 0.25) is 5.91 Å². The maximum Gasteiger partial charge on any atom is 0.234 e. The number of benzene rings is 2. The van der Waals surface area contributed by atoms with Crippen molar-refractivity contribution >= 4 is 23.4 Å². The number of amides is 1. The monoisotopic (exact) mass is 335 g/mol. The van der Waals surface area contributed by atoms with Crippen molar-refractivity contribution < 1.29 is 13.6 Å². The molecule has 0 saturated heterocycles. The molecule has 0 aromatic heterocycles. The molecule has 5 heteroatoms. The van der Waals surface area contributed by atoms with Crippen molar-refractivity contribution in [3.05, 3.63) is 65.2 Å². The third-order valence-corrected chi connectivity index (χ3v) is 4.35. The summed E-state index contributed by atoms with van der Waals surface area (Å²) in [6, 6.07) is 11.5. The smallest absolute Gasteiger partial charge is 0.234 e. The molecule has 0 heterocycles. The Kier molecular flexibility index (Phi) is 6.16. The first-order valence-electron chi connectivity index (χ1n) is 7.38. The molecule has 2 nitrogen and oxygen atoms in total. The van der Waals surface area contributed by atoms with Gasteiger partial charge in [0, 0.05) is 11.4 Å². The second-order valence-corrected chi connectivity index (χ2v) is 6.52. The second-order valence-electron chi connectivity index (χ2n) is 5.53. The maximum absolute atomic E-state index is 13.1. The van der Waals surface area contributed by atoms with Crippen LogP contribution in [-0.2, 0) is 10.5 Å². The van der Waals surface area contributed by atoms with Crippen LogP contribution < -0.4 is 5.32 Å². The van der Waals surface area contributed by atoms with Crippen LogP contribution in [0, 0.1) is 11.6 Å². The Morgan fingerprint density at radius 1 is 1.13 bits per heavy atom. The number of rotatable bonds is 6. The summed E-state index contributed by atoms with van der Waals surface area (Å²) < 4.78 is 26.0. The van der Waals surface area contributed by atoms with E-state index in [-0.39, 0.29) is 11.7 Å². The highest BCUT2D eigenvalue weighted by Gasteiger charge is 2.09. The molecule has 23 heavy (non-hydrogen) atoms. The number of nitrogens with one attached hydrogen (secondary N) is 1. The van der Waals surface area contributed by atoms with Gasteiger partial charge in [-0.05, 0) is 35.2 Å². The minimum Gasteiger partial charge on any atom is -0.325 e. The standard InChI is InChI=1S/C18H19F2NOS/c1-12(2)14-5-3-4-6-17(14)21-18(22)11-23-10-13-7-8-15(19)16(20)9-13/h3-9,12H,10-11H2,1-2H3,(H,21,22). The molecule has 0 aliphatic carbocycles. The number of para-hydroxylation sites is 1. The fraction of sp³-hybridized carbons (Fsp3) is 0.278. The second kappa shape index (κ2) is 8.11. The van der Waals surface area contributed by atoms with Crippen molar-refractivity contribution in [2.24, 2.45) is 0 Å². The van der Waals surface area contributed by atoms with Gasteiger partial charge in [0.25, 0.3) is 0 Å². The lowest BCUT2D eigenvalue weighted by Gasteiger charge is -2.13. The Labute approximate surface area is 139 Å². The maximum atomic E-state index is 13.1. The van der Waals surface area contributed by atoms with Crippen LogP contribution in [0.5, 0.6) is 0 Å². The lowest BCUT2D eigenvalue weighted by Crippen LogP contribution is -2.15. The number of halogens is 2. The Balaban J connectivity index is 1.87. The lowest BCUT2D eigenvalue weighted by atomic mass is 10.0. The van der Waals surface area contributed by atoms with E-state index >= 15 is 0 Å². The average Bonchev–Trinajstić information content (AvgIpc) is 2.51. The number of hydrogen-bond acceptors (Lipinski definition) is 2. The van der Waals surface area contributed by atoms with Crippen LogP contribution in [0.1, 0.15) is 30.9 Å². The van der Waals surface area contributed by atoms with Crippen molar-refractivity contribution in [1.82, 2.24) is 0 Å². The van der Waals surface area contributed by atoms with E-state index in [2.05, 4.69) is 19.2 Å². The minimum absolute atomic E-state index is 0.106. The van der Waals surface area contributed by atoms with Gasteiger partial charge in [-0.3, -0.25) is 4.79 Å². The minimum atomic E-state index is -0.863. The van der Waals surface area contributed by atoms with E-state index in [1.165, 1.54) is 17.8 Å². The van der Waals surface area contributed by atoms with Gasteiger partial charge < -0.3 is 5.32 Å². The van der Waals surface area contributed by atoms with Crippen LogP contribution in [0.25, 0.3) is 0 Å². The molecule has 0 aliphatic heterocycles. The number of thioether (sulfide) groups is 1. The summed E-state index contributed by atoms with van der Waals surface area (Å²) in [7, 11) is 0. The molecule has 0 aliphatic rings. The van der Waals surface area contributed by atoms with Gasteiger partial charge in [-0.2, -0.15) is 0 Å². The first kappa shape index (κ1) is 17.5. The molecule has 0 unspecified atom stereocenters. The summed E-state index contributed by atoms with van der Waals surface area (Å²) in [6.45, 7) is 4.14. The summed E-state index contributed by atoms with van der Waals surface area (Å²) in [5, 5.41) is 2.90. The Bertz CT molecular complexity index is 688. The van der Waals surface area contributed by atoms with E-state index in [4.69, 9.17) is 0 Å². The van der Waals surface area contributed by atoms with Crippen molar-refractivity contribution in [2.75, 3.05) is 11.1 Å². The van der Waals surface area contributed by atoms with E-state index in [0.717, 1.165) is 23.4 Å². The van der Waals surface area contributed by atoms with Crippen molar-refractivity contribution in [3.63, 3.8) is 0 Å². The molecule has 2 aromatic rings. The van der Waals surface area contributed by atoms with Crippen LogP contribution in [0.4, 0.5) is 14.5 Å². The summed E-state index contributed by atoms with van der Waals surface area (Å²) in [6.07, 6.45) is 0. The van der Waals surface area contributed by atoms with Crippen LogP contribution >= 0.6 is 11.8 Å². The molecule has 1 amide bonds. The third kappa shape index (κ3) is 5.06. The van der Waals surface area contributed by atoms with E-state index in [1.807, 2.05) is 24.3 Å². The molecule has 0 fully saturated rings. The fourth-order valence-corrected chi connectivity index (χ4v) is 2.97. The SMILES string of the molecule is CC(C)c1ccccc1NC(=O)CSCc1ccc(F)c(F)c1. The first-order valence-corrected chi connectivity index (χ1v) is 8.53. The Hall–Kier alpha value is -1.88. The number of anilines is 1. The van der Waals surface area contributed by atoms with E-state index in [0.29, 0.717) is 17.2 Å². The summed E-state index contributed by atoms with van der Waals surface area (Å²) >= 11 is 1.36. The molecule has 0 bridgehead atoms. The molecule has 2 rings (SSSR count). The van der Waals surface area contributed by atoms with Gasteiger partial charge >= 0.3 is 0 Å². The summed E-state index contributed by atoms with van der Waals surface area (Å²) in [4.78, 5) is 12.0. The van der Waals surface area contributed by atoms with Gasteiger partial charge in [-0.25, -0.2) is 8.78 Å². The topological polar surface area (TPSA) is 29.1 Å². The number of carbonyl (C=O) groups excluding carboxylic acids is 1. The largest absolute Gasteiger partial charge is 0.325 e. The highest BCUT2D eigenvalue weighted by atomic mass is 32.2. The van der Waals surface area contributed by atoms with Gasteiger partial charge in [0.05, 0.1) is 5.75 Å². The van der Waals surface area contributed by atoms with Gasteiger partial charge in [0.1, 0.15) is 0 Å². The van der Waals surface area contributed by atoms with Crippen molar-refractivity contribution in [1.29, 1.82) is 0 Å². The van der Waals surface area contributed by atoms with Gasteiger partial charge in [-0.15, -0.1) is 11.8 Å². The van der Waals surface area contributed by atoms with Crippen LogP contribution in [0.15, 0.2) is 42.5 Å². The Morgan fingerprint density at radius 2 is 1.87 bits per heavy atom. The molecule has 122 valence electrons. The highest BCUT2D eigenvalue weighted by molar-refractivity contribution is 7.99. The summed E-state index contributed by atoms with van der Waals surface area (Å²) in [5.41, 5.74) is 2.57. The molecular formula is C18H19F2NOS. The predicted octanol–water partition coefficient (Wildman–Crippen LogP) is 4.96. The first-order chi connectivity index (χ1) is 11.0. The number of carbonyl (C=O) groups is 1. The quantitative estimate of drug-likeness (QED) is 0.808. The average molecular weight is 335 g/mol. The molecule has 0 spiro atoms. The van der Waals surface area contributed by atoms with Crippen LogP contribution in [0.2, 0.25) is 0 Å². The molecule has 0 radical (unpaired) electrons. The van der Waals surface area contributed by atoms with Crippen LogP contribution in [0.3, 0.4) is 0 Å². The zero-order valence-electron chi connectivity index (χ0n) is 13.1. The molecule has 2 aromatic carbocycles. The Morgan fingerprint density at radius 3 is 2.57 bits per heavy atom. The highest BCUT2D eigenvalue weighted by Crippen LogP contribution is 2.24. The predicted molar refractivity (Wildman–Crippen MR) is 91.7 cm³/mol. The molecule has 0 saturated carbocycles. The van der Waals surface area contributed by atoms with E-state index < -0.39 is 11.6 Å². The lowest BCUT2D eigenvalue weighted by molar-refractivity contribution is -0.113. The van der Waals surface area contributed by atoms with Crippen molar-refractivity contribution in [2.45, 2.75) is 25.5 Å². The van der Waals surface area contributed by atoms with E-state index in [1.54, 1.807) is 0 Å². The summed E-state index contributed by atoms with van der Waals surface area (Å²) in [5.74, 6) is -0.797. The molecule has 0 atom stereocenters. The number of hydrogen-bond donors (Lipinski definition) is 1. The third-order valence-electron chi connectivity index (χ3n) is 3.34.